The van der Waals surface area contributed by atoms with Crippen LogP contribution in [0.5, 0.6) is 0 Å². The molecule has 1 unspecified atom stereocenters. The SMILES string of the molecule is C/C=C\C=C(CC)CC.C=C.CC.CC.CC.CC.CC.CCc1ccc(C[C@@H]2CCC(O)C2)cc1. The van der Waals surface area contributed by atoms with Crippen LogP contribution in [0.25, 0.3) is 0 Å². The minimum Gasteiger partial charge on any atom is -0.393 e. The van der Waals surface area contributed by atoms with Gasteiger partial charge in [0.25, 0.3) is 0 Å². The smallest absolute Gasteiger partial charge is 0.0543 e. The number of rotatable bonds is 6. The first-order valence-corrected chi connectivity index (χ1v) is 15.2. The molecule has 1 fully saturated rings. The average Bonchev–Trinajstić information content (AvgIpc) is 3.40. The lowest BCUT2D eigenvalue weighted by Gasteiger charge is -2.09. The fourth-order valence-corrected chi connectivity index (χ4v) is 3.20. The van der Waals surface area contributed by atoms with Crippen molar-refractivity contribution >= 4 is 0 Å². The number of allylic oxidation sites excluding steroid dienone is 4. The highest BCUT2D eigenvalue weighted by atomic mass is 16.3. The van der Waals surface area contributed by atoms with Crippen LogP contribution in [0.1, 0.15) is 140 Å². The Morgan fingerprint density at radius 3 is 1.50 bits per heavy atom. The summed E-state index contributed by atoms with van der Waals surface area (Å²) in [5.41, 5.74) is 4.35. The first-order valence-electron chi connectivity index (χ1n) is 15.2. The van der Waals surface area contributed by atoms with Crippen molar-refractivity contribution in [2.24, 2.45) is 5.92 Å². The number of aryl methyl sites for hydroxylation is 1. The van der Waals surface area contributed by atoms with E-state index in [2.05, 4.69) is 76.4 Å². The molecular formula is C35H70O. The first-order chi connectivity index (χ1) is 17.6. The van der Waals surface area contributed by atoms with Crippen molar-refractivity contribution in [3.05, 3.63) is 72.4 Å². The van der Waals surface area contributed by atoms with Gasteiger partial charge in [-0.25, -0.2) is 0 Å². The number of hydrogen-bond donors (Lipinski definition) is 1. The number of hydrogen-bond acceptors (Lipinski definition) is 1. The molecule has 2 rings (SSSR count). The molecule has 1 aliphatic carbocycles. The predicted molar refractivity (Wildman–Crippen MR) is 174 cm³/mol. The van der Waals surface area contributed by atoms with Gasteiger partial charge in [-0.1, -0.05) is 138 Å². The van der Waals surface area contributed by atoms with Crippen molar-refractivity contribution < 1.29 is 5.11 Å². The van der Waals surface area contributed by atoms with E-state index < -0.39 is 0 Å². The van der Waals surface area contributed by atoms with Crippen LogP contribution in [-0.4, -0.2) is 11.2 Å². The van der Waals surface area contributed by atoms with Crippen molar-refractivity contribution in [3.8, 4) is 0 Å². The number of aliphatic hydroxyl groups is 1. The third kappa shape index (κ3) is 32.4. The van der Waals surface area contributed by atoms with Crippen LogP contribution in [0.2, 0.25) is 0 Å². The van der Waals surface area contributed by atoms with E-state index in [1.54, 1.807) is 0 Å². The summed E-state index contributed by atoms with van der Waals surface area (Å²) in [6.45, 7) is 34.6. The highest BCUT2D eigenvalue weighted by Crippen LogP contribution is 2.28. The maximum atomic E-state index is 9.46. The zero-order valence-electron chi connectivity index (χ0n) is 27.5. The fourth-order valence-electron chi connectivity index (χ4n) is 3.20. The van der Waals surface area contributed by atoms with Crippen molar-refractivity contribution in [1.82, 2.24) is 0 Å². The second-order valence-electron chi connectivity index (χ2n) is 6.76. The lowest BCUT2D eigenvalue weighted by molar-refractivity contribution is 0.177. The zero-order valence-corrected chi connectivity index (χ0v) is 27.5. The van der Waals surface area contributed by atoms with Crippen molar-refractivity contribution in [2.45, 2.75) is 148 Å². The summed E-state index contributed by atoms with van der Waals surface area (Å²) in [4.78, 5) is 0. The first kappa shape index (κ1) is 47.6. The molecule has 1 saturated carbocycles. The summed E-state index contributed by atoms with van der Waals surface area (Å²) in [6, 6.07) is 8.93. The number of aliphatic hydroxyl groups excluding tert-OH is 1. The molecule has 36 heavy (non-hydrogen) atoms. The Bertz CT molecular complexity index is 504. The van der Waals surface area contributed by atoms with E-state index in [-0.39, 0.29) is 6.10 Å². The van der Waals surface area contributed by atoms with E-state index in [1.807, 2.05) is 76.2 Å². The predicted octanol–water partition coefficient (Wildman–Crippen LogP) is 12.2. The van der Waals surface area contributed by atoms with Gasteiger partial charge in [-0.3, -0.25) is 0 Å². The van der Waals surface area contributed by atoms with Gasteiger partial charge in [0.2, 0.25) is 0 Å². The largest absolute Gasteiger partial charge is 0.393 e. The fraction of sp³-hybridized carbons (Fsp3) is 0.657. The maximum Gasteiger partial charge on any atom is 0.0543 e. The minimum absolute atomic E-state index is 0.0371. The molecule has 0 aromatic heterocycles. The lowest BCUT2D eigenvalue weighted by atomic mass is 9.97. The van der Waals surface area contributed by atoms with Crippen LogP contribution in [-0.2, 0) is 12.8 Å². The van der Waals surface area contributed by atoms with Crippen LogP contribution in [0.3, 0.4) is 0 Å². The molecule has 1 aromatic rings. The molecule has 0 aliphatic heterocycles. The monoisotopic (exact) mass is 507 g/mol. The second kappa shape index (κ2) is 46.7. The molecule has 0 bridgehead atoms. The van der Waals surface area contributed by atoms with Gasteiger partial charge in [0.15, 0.2) is 0 Å². The highest BCUT2D eigenvalue weighted by molar-refractivity contribution is 5.23. The van der Waals surface area contributed by atoms with Gasteiger partial charge in [0.05, 0.1) is 6.10 Å². The van der Waals surface area contributed by atoms with Gasteiger partial charge in [0, 0.05) is 0 Å². The minimum atomic E-state index is -0.0371. The Balaban J connectivity index is -0.0000000926. The summed E-state index contributed by atoms with van der Waals surface area (Å²) in [6.07, 6.45) is 14.1. The van der Waals surface area contributed by atoms with E-state index in [0.29, 0.717) is 5.92 Å². The number of benzene rings is 1. The molecule has 0 saturated heterocycles. The third-order valence-corrected chi connectivity index (χ3v) is 4.90. The van der Waals surface area contributed by atoms with Crippen LogP contribution in [0.15, 0.2) is 61.2 Å². The van der Waals surface area contributed by atoms with Gasteiger partial charge in [-0.15, -0.1) is 13.2 Å². The van der Waals surface area contributed by atoms with Gasteiger partial charge in [0.1, 0.15) is 0 Å². The molecule has 1 aromatic carbocycles. The highest BCUT2D eigenvalue weighted by Gasteiger charge is 2.22. The molecule has 1 N–H and O–H groups in total. The Labute approximate surface area is 231 Å². The van der Waals surface area contributed by atoms with Gasteiger partial charge >= 0.3 is 0 Å². The molecule has 0 radical (unpaired) electrons. The van der Waals surface area contributed by atoms with Crippen LogP contribution >= 0.6 is 0 Å². The summed E-state index contributed by atoms with van der Waals surface area (Å²) >= 11 is 0. The molecule has 0 spiro atoms. The summed E-state index contributed by atoms with van der Waals surface area (Å²) in [5.74, 6) is 0.701. The molecule has 0 amide bonds. The third-order valence-electron chi connectivity index (χ3n) is 4.90. The second-order valence-corrected chi connectivity index (χ2v) is 6.76. The molecule has 2 atom stereocenters. The molecular weight excluding hydrogens is 436 g/mol. The van der Waals surface area contributed by atoms with Gasteiger partial charge in [-0.05, 0) is 68.9 Å². The molecule has 216 valence electrons. The average molecular weight is 507 g/mol. The summed E-state index contributed by atoms with van der Waals surface area (Å²) < 4.78 is 0. The molecule has 1 aliphatic rings. The van der Waals surface area contributed by atoms with E-state index >= 15 is 0 Å². The van der Waals surface area contributed by atoms with E-state index in [9.17, 15) is 5.11 Å². The molecule has 1 nitrogen and oxygen atoms in total. The zero-order chi connectivity index (χ0) is 29.8. The maximum absolute atomic E-state index is 9.46. The van der Waals surface area contributed by atoms with Gasteiger partial charge in [-0.2, -0.15) is 0 Å². The standard InChI is InChI=1S/C14H20O.C9H16.5C2H6.C2H4/c1-2-11-3-5-12(6-4-11)9-13-7-8-14(15)10-13;1-4-7-8-9(5-2)6-3;6*1-2/h3-6,13-15H,2,7-10H2,1H3;4,7-8H,5-6H2,1-3H3;5*1-2H3;1-2H2/b;7-4-;;;;;;/t13-,14?;;;;;;;/m0......./s1. The normalized spacial score (nSPS) is 14.2. The Kier molecular flexibility index (Phi) is 61.7. The Hall–Kier alpha value is -1.60. The van der Waals surface area contributed by atoms with Crippen LogP contribution in [0, 0.1) is 5.92 Å². The van der Waals surface area contributed by atoms with Crippen molar-refractivity contribution in [3.63, 3.8) is 0 Å². The van der Waals surface area contributed by atoms with Crippen molar-refractivity contribution in [1.29, 1.82) is 0 Å². The summed E-state index contributed by atoms with van der Waals surface area (Å²) in [5, 5.41) is 9.46. The Morgan fingerprint density at radius 1 is 0.778 bits per heavy atom. The van der Waals surface area contributed by atoms with E-state index in [4.69, 9.17) is 0 Å². The van der Waals surface area contributed by atoms with Crippen LogP contribution in [0.4, 0.5) is 0 Å². The van der Waals surface area contributed by atoms with Crippen LogP contribution < -0.4 is 0 Å². The quantitative estimate of drug-likeness (QED) is 0.300. The van der Waals surface area contributed by atoms with E-state index in [0.717, 1.165) is 25.7 Å². The Morgan fingerprint density at radius 2 is 1.19 bits per heavy atom. The van der Waals surface area contributed by atoms with E-state index in [1.165, 1.54) is 36.0 Å². The van der Waals surface area contributed by atoms with Crippen molar-refractivity contribution in [2.75, 3.05) is 0 Å². The molecule has 1 heteroatoms. The lowest BCUT2D eigenvalue weighted by Crippen LogP contribution is -2.03. The molecule has 0 heterocycles. The van der Waals surface area contributed by atoms with Gasteiger partial charge < -0.3 is 5.11 Å². The topological polar surface area (TPSA) is 20.2 Å². The summed E-state index contributed by atoms with van der Waals surface area (Å²) in [7, 11) is 0.